The van der Waals surface area contributed by atoms with Crippen molar-refractivity contribution in [2.24, 2.45) is 0 Å². The number of ether oxygens (including phenoxy) is 1. The molecule has 4 aromatic carbocycles. The van der Waals surface area contributed by atoms with E-state index >= 15 is 0 Å². The third-order valence-corrected chi connectivity index (χ3v) is 7.65. The van der Waals surface area contributed by atoms with E-state index in [-0.39, 0.29) is 24.1 Å². The minimum Gasteiger partial charge on any atom is -0.394 e. The van der Waals surface area contributed by atoms with Gasteiger partial charge in [0, 0.05) is 40.5 Å². The lowest BCUT2D eigenvalue weighted by Gasteiger charge is -2.22. The highest BCUT2D eigenvalue weighted by molar-refractivity contribution is 6.09. The molecule has 5 aromatic rings. The summed E-state index contributed by atoms with van der Waals surface area (Å²) < 4.78 is 6.83. The molecular formula is C37H33N3O5. The van der Waals surface area contributed by atoms with E-state index in [1.165, 1.54) is 10.8 Å². The van der Waals surface area contributed by atoms with Gasteiger partial charge in [-0.1, -0.05) is 72.2 Å². The fourth-order valence-electron chi connectivity index (χ4n) is 5.57. The van der Waals surface area contributed by atoms with Crippen LogP contribution in [0, 0.1) is 23.7 Å². The number of hydrogen-bond acceptors (Lipinski definition) is 6. The molecule has 0 bridgehead atoms. The van der Waals surface area contributed by atoms with Gasteiger partial charge in [0.2, 0.25) is 0 Å². The molecule has 8 nitrogen and oxygen atoms in total. The maximum absolute atomic E-state index is 12.8. The van der Waals surface area contributed by atoms with Gasteiger partial charge in [0.05, 0.1) is 12.7 Å². The van der Waals surface area contributed by atoms with Gasteiger partial charge in [-0.15, -0.1) is 0 Å². The lowest BCUT2D eigenvalue weighted by atomic mass is 9.92. The fourth-order valence-corrected chi connectivity index (χ4v) is 5.57. The summed E-state index contributed by atoms with van der Waals surface area (Å²) in [5.74, 6) is 12.9. The first-order valence-corrected chi connectivity index (χ1v) is 14.8. The van der Waals surface area contributed by atoms with Gasteiger partial charge in [-0.3, -0.25) is 14.3 Å². The summed E-state index contributed by atoms with van der Waals surface area (Å²) >= 11 is 0. The number of aliphatic hydroxyl groups excluding tert-OH is 2. The Kier molecular flexibility index (Phi) is 8.05. The normalized spacial score (nSPS) is 17.8. The molecule has 1 fully saturated rings. The van der Waals surface area contributed by atoms with Crippen molar-refractivity contribution in [1.29, 1.82) is 0 Å². The molecule has 0 unspecified atom stereocenters. The van der Waals surface area contributed by atoms with Crippen LogP contribution in [0.1, 0.15) is 55.7 Å². The third kappa shape index (κ3) is 6.26. The molecule has 6 rings (SSSR count). The van der Waals surface area contributed by atoms with E-state index in [9.17, 15) is 19.8 Å². The molecule has 1 aromatic heterocycles. The van der Waals surface area contributed by atoms with Crippen molar-refractivity contribution in [3.05, 3.63) is 122 Å². The number of fused-ring (bicyclic) bond motifs is 2. The van der Waals surface area contributed by atoms with Crippen LogP contribution in [0.4, 0.5) is 5.69 Å². The van der Waals surface area contributed by atoms with Gasteiger partial charge in [-0.2, -0.15) is 0 Å². The average molecular weight is 600 g/mol. The highest BCUT2D eigenvalue weighted by Crippen LogP contribution is 2.32. The maximum Gasteiger partial charge on any atom is 0.330 e. The van der Waals surface area contributed by atoms with E-state index < -0.39 is 29.7 Å². The van der Waals surface area contributed by atoms with Crippen LogP contribution in [-0.4, -0.2) is 44.1 Å². The van der Waals surface area contributed by atoms with Gasteiger partial charge in [0.1, 0.15) is 17.9 Å². The van der Waals surface area contributed by atoms with Gasteiger partial charge in [0.15, 0.2) is 0 Å². The van der Waals surface area contributed by atoms with Crippen LogP contribution in [0.2, 0.25) is 0 Å². The monoisotopic (exact) mass is 599 g/mol. The first-order valence-electron chi connectivity index (χ1n) is 14.8. The van der Waals surface area contributed by atoms with Gasteiger partial charge in [0.25, 0.3) is 5.56 Å². The summed E-state index contributed by atoms with van der Waals surface area (Å²) in [6.07, 6.45) is -1.14. The molecule has 0 spiro atoms. The smallest absolute Gasteiger partial charge is 0.330 e. The van der Waals surface area contributed by atoms with Crippen molar-refractivity contribution in [3.63, 3.8) is 0 Å². The second-order valence-corrected chi connectivity index (χ2v) is 12.1. The fraction of sp³-hybridized carbons (Fsp3) is 0.243. The second kappa shape index (κ2) is 12.1. The van der Waals surface area contributed by atoms with Crippen LogP contribution in [0.5, 0.6) is 0 Å². The van der Waals surface area contributed by atoms with Gasteiger partial charge >= 0.3 is 5.69 Å². The zero-order chi connectivity index (χ0) is 31.7. The largest absolute Gasteiger partial charge is 0.394 e. The maximum atomic E-state index is 12.8. The zero-order valence-electron chi connectivity index (χ0n) is 25.2. The molecule has 0 saturated carbocycles. The van der Waals surface area contributed by atoms with Crippen molar-refractivity contribution in [2.75, 3.05) is 11.9 Å². The molecule has 1 aliphatic rings. The van der Waals surface area contributed by atoms with Gasteiger partial charge in [-0.05, 0) is 66.6 Å². The molecule has 0 amide bonds. The van der Waals surface area contributed by atoms with Crippen molar-refractivity contribution in [1.82, 2.24) is 9.55 Å². The first kappa shape index (κ1) is 29.9. The van der Waals surface area contributed by atoms with E-state index in [0.29, 0.717) is 0 Å². The average Bonchev–Trinajstić information content (AvgIpc) is 3.39. The van der Waals surface area contributed by atoms with Crippen LogP contribution in [0.15, 0.2) is 88.6 Å². The summed E-state index contributed by atoms with van der Waals surface area (Å²) in [7, 11) is 0. The zero-order valence-corrected chi connectivity index (χ0v) is 25.2. The molecule has 0 aliphatic carbocycles. The number of rotatable bonds is 3. The van der Waals surface area contributed by atoms with E-state index in [4.69, 9.17) is 4.74 Å². The van der Waals surface area contributed by atoms with Gasteiger partial charge in [-0.25, -0.2) is 4.79 Å². The van der Waals surface area contributed by atoms with E-state index in [1.54, 1.807) is 0 Å². The summed E-state index contributed by atoms with van der Waals surface area (Å²) in [6, 6.07) is 23.9. The number of aromatic nitrogens is 2. The lowest BCUT2D eigenvalue weighted by Crippen LogP contribution is -2.33. The molecule has 4 N–H and O–H groups in total. The van der Waals surface area contributed by atoms with E-state index in [1.807, 2.05) is 72.8 Å². The number of nitrogens with zero attached hydrogens (tertiary/aromatic N) is 1. The molecular weight excluding hydrogens is 566 g/mol. The number of aromatic amines is 1. The minimum absolute atomic E-state index is 0.0400. The number of anilines is 1. The number of aliphatic hydroxyl groups is 2. The van der Waals surface area contributed by atoms with E-state index in [0.717, 1.165) is 43.9 Å². The standard InChI is InChI=1S/C37H33N3O5/c1-37(2,3)39-25-16-12-23(13-17-25)14-18-30-26-8-4-6-10-28(26)31(29-11-7-5-9-27(29)30)19-15-24-21-40(36(44)38-35(24)43)34-20-32(42)33(22-41)45-34/h4-13,16-17,21,32-34,39,41-42H,20,22H2,1-3H3,(H,38,43,44)/t32-,33+,34+/m0/s1. The Labute approximate surface area is 260 Å². The van der Waals surface area contributed by atoms with Crippen molar-refractivity contribution >= 4 is 27.2 Å². The number of benzene rings is 4. The SMILES string of the molecule is CC(C)(C)Nc1ccc(C#Cc2c3ccccc3c(C#Cc3cn([C@H]4C[C@H](O)[C@@H](CO)O4)c(=O)[nH]c3=O)c3ccccc23)cc1. The summed E-state index contributed by atoms with van der Waals surface area (Å²) in [5.41, 5.74) is 2.26. The molecule has 1 saturated heterocycles. The Balaban J connectivity index is 1.43. The highest BCUT2D eigenvalue weighted by Gasteiger charge is 2.35. The van der Waals surface area contributed by atoms with Crippen LogP contribution in [0.25, 0.3) is 21.5 Å². The van der Waals surface area contributed by atoms with Crippen molar-refractivity contribution < 1.29 is 14.9 Å². The Bertz CT molecular complexity index is 2090. The third-order valence-electron chi connectivity index (χ3n) is 7.65. The number of nitrogens with one attached hydrogen (secondary N) is 2. The van der Waals surface area contributed by atoms with Crippen molar-refractivity contribution in [2.45, 2.75) is 51.2 Å². The van der Waals surface area contributed by atoms with Crippen LogP contribution in [0.3, 0.4) is 0 Å². The van der Waals surface area contributed by atoms with Crippen molar-refractivity contribution in [3.8, 4) is 23.7 Å². The summed E-state index contributed by atoms with van der Waals surface area (Å²) in [4.78, 5) is 27.7. The van der Waals surface area contributed by atoms with Crippen LogP contribution in [-0.2, 0) is 4.74 Å². The predicted octanol–water partition coefficient (Wildman–Crippen LogP) is 4.49. The highest BCUT2D eigenvalue weighted by atomic mass is 16.5. The number of hydrogen-bond donors (Lipinski definition) is 4. The summed E-state index contributed by atoms with van der Waals surface area (Å²) in [6.45, 7) is 5.97. The Hall–Kier alpha value is -5.12. The molecule has 2 heterocycles. The lowest BCUT2D eigenvalue weighted by molar-refractivity contribution is -0.0459. The van der Waals surface area contributed by atoms with Crippen LogP contribution < -0.4 is 16.6 Å². The topological polar surface area (TPSA) is 117 Å². The Morgan fingerprint density at radius 2 is 1.42 bits per heavy atom. The van der Waals surface area contributed by atoms with E-state index in [2.05, 4.69) is 54.8 Å². The Morgan fingerprint density at radius 3 is 1.93 bits per heavy atom. The second-order valence-electron chi connectivity index (χ2n) is 12.1. The van der Waals surface area contributed by atoms with Crippen LogP contribution >= 0.6 is 0 Å². The molecule has 226 valence electrons. The minimum atomic E-state index is -0.933. The molecule has 0 radical (unpaired) electrons. The molecule has 45 heavy (non-hydrogen) atoms. The summed E-state index contributed by atoms with van der Waals surface area (Å²) in [5, 5.41) is 26.7. The quantitative estimate of drug-likeness (QED) is 0.179. The number of H-pyrrole nitrogens is 1. The molecule has 1 aliphatic heterocycles. The van der Waals surface area contributed by atoms with Gasteiger partial charge < -0.3 is 20.3 Å². The first-order chi connectivity index (χ1) is 21.6. The predicted molar refractivity (Wildman–Crippen MR) is 176 cm³/mol. The molecule has 8 heteroatoms. The Morgan fingerprint density at radius 1 is 0.867 bits per heavy atom. The molecule has 3 atom stereocenters.